The van der Waals surface area contributed by atoms with Crippen molar-refractivity contribution in [3.8, 4) is 0 Å². The van der Waals surface area contributed by atoms with E-state index in [0.29, 0.717) is 15.7 Å². The molecule has 0 amide bonds. The first-order valence-electron chi connectivity index (χ1n) is 4.88. The van der Waals surface area contributed by atoms with Crippen molar-refractivity contribution in [3.63, 3.8) is 0 Å². The molecule has 5 heteroatoms. The Labute approximate surface area is 103 Å². The predicted octanol–water partition coefficient (Wildman–Crippen LogP) is 1.82. The molecule has 0 aliphatic carbocycles. The molecule has 0 fully saturated rings. The molecule has 1 atom stereocenters. The second kappa shape index (κ2) is 5.86. The average molecular weight is 288 g/mol. The average Bonchev–Trinajstić information content (AvgIpc) is 2.29. The van der Waals surface area contributed by atoms with Gasteiger partial charge in [0, 0.05) is 18.2 Å². The van der Waals surface area contributed by atoms with Gasteiger partial charge in [-0.15, -0.1) is 0 Å². The fraction of sp³-hybridized carbons (Fsp3) is 0.364. The number of halogens is 1. The number of hydrogen-bond donors (Lipinski definition) is 2. The lowest BCUT2D eigenvalue weighted by Gasteiger charge is -2.10. The van der Waals surface area contributed by atoms with Crippen LogP contribution >= 0.6 is 15.9 Å². The summed E-state index contributed by atoms with van der Waals surface area (Å²) in [5.41, 5.74) is 6.53. The number of nitrogen functional groups attached to an aromatic ring is 1. The molecule has 1 unspecified atom stereocenters. The lowest BCUT2D eigenvalue weighted by atomic mass is 10.2. The van der Waals surface area contributed by atoms with Crippen LogP contribution in [0.3, 0.4) is 0 Å². The van der Waals surface area contributed by atoms with Crippen LogP contribution in [0, 0.1) is 5.92 Å². The van der Waals surface area contributed by atoms with Gasteiger partial charge in [0.2, 0.25) is 0 Å². The van der Waals surface area contributed by atoms with E-state index in [-0.39, 0.29) is 19.1 Å². The summed E-state index contributed by atoms with van der Waals surface area (Å²) in [7, 11) is 0. The van der Waals surface area contributed by atoms with Crippen LogP contribution in [0.2, 0.25) is 0 Å². The van der Waals surface area contributed by atoms with Gasteiger partial charge in [0.25, 0.3) is 0 Å². The zero-order valence-electron chi connectivity index (χ0n) is 8.94. The first kappa shape index (κ1) is 13.0. The Morgan fingerprint density at radius 2 is 2.31 bits per heavy atom. The van der Waals surface area contributed by atoms with Crippen molar-refractivity contribution in [2.75, 3.05) is 18.9 Å². The van der Waals surface area contributed by atoms with Gasteiger partial charge >= 0.3 is 5.97 Å². The molecule has 1 aromatic carbocycles. The molecule has 0 bridgehead atoms. The minimum absolute atomic E-state index is 0.00855. The van der Waals surface area contributed by atoms with Gasteiger partial charge in [-0.05, 0) is 28.1 Å². The minimum Gasteiger partial charge on any atom is -0.462 e. The number of ether oxygens (including phenoxy) is 1. The highest BCUT2D eigenvalue weighted by atomic mass is 79.9. The van der Waals surface area contributed by atoms with Gasteiger partial charge in [-0.25, -0.2) is 4.79 Å². The standard InChI is InChI=1S/C11H14BrNO3/c1-7(5-14)6-16-11(15)8-3-2-4-9(13)10(8)12/h2-4,7,14H,5-6,13H2,1H3. The third-order valence-corrected chi connectivity index (χ3v) is 2.94. The summed E-state index contributed by atoms with van der Waals surface area (Å²) in [5.74, 6) is -0.511. The van der Waals surface area contributed by atoms with Crippen LogP contribution < -0.4 is 5.73 Å². The summed E-state index contributed by atoms with van der Waals surface area (Å²) in [5, 5.41) is 8.80. The summed E-state index contributed by atoms with van der Waals surface area (Å²) in [4.78, 5) is 11.6. The fourth-order valence-electron chi connectivity index (χ4n) is 1.06. The Morgan fingerprint density at radius 1 is 1.62 bits per heavy atom. The number of hydrogen-bond acceptors (Lipinski definition) is 4. The second-order valence-electron chi connectivity index (χ2n) is 3.59. The number of esters is 1. The van der Waals surface area contributed by atoms with E-state index in [9.17, 15) is 4.79 Å². The Bertz CT molecular complexity index is 381. The van der Waals surface area contributed by atoms with Gasteiger partial charge in [0.1, 0.15) is 0 Å². The summed E-state index contributed by atoms with van der Waals surface area (Å²) >= 11 is 3.23. The highest BCUT2D eigenvalue weighted by Gasteiger charge is 2.14. The molecule has 0 aliphatic rings. The zero-order chi connectivity index (χ0) is 12.1. The largest absolute Gasteiger partial charge is 0.462 e. The van der Waals surface area contributed by atoms with Crippen molar-refractivity contribution in [2.45, 2.75) is 6.92 Å². The Kier molecular flexibility index (Phi) is 4.76. The Balaban J connectivity index is 2.70. The van der Waals surface area contributed by atoms with Crippen molar-refractivity contribution in [3.05, 3.63) is 28.2 Å². The molecule has 88 valence electrons. The topological polar surface area (TPSA) is 72.5 Å². The van der Waals surface area contributed by atoms with Crippen molar-refractivity contribution < 1.29 is 14.6 Å². The second-order valence-corrected chi connectivity index (χ2v) is 4.39. The molecule has 0 aliphatic heterocycles. The number of rotatable bonds is 4. The van der Waals surface area contributed by atoms with Gasteiger partial charge in [-0.2, -0.15) is 0 Å². The number of aliphatic hydroxyl groups is 1. The molecule has 16 heavy (non-hydrogen) atoms. The summed E-state index contributed by atoms with van der Waals surface area (Å²) in [6, 6.07) is 5.01. The summed E-state index contributed by atoms with van der Waals surface area (Å²) < 4.78 is 5.57. The van der Waals surface area contributed by atoms with Crippen LogP contribution in [0.1, 0.15) is 17.3 Å². The molecular weight excluding hydrogens is 274 g/mol. The lowest BCUT2D eigenvalue weighted by molar-refractivity contribution is 0.0404. The molecule has 1 rings (SSSR count). The summed E-state index contributed by atoms with van der Waals surface area (Å²) in [6.45, 7) is 1.98. The van der Waals surface area contributed by atoms with Gasteiger partial charge in [-0.1, -0.05) is 13.0 Å². The smallest absolute Gasteiger partial charge is 0.339 e. The van der Waals surface area contributed by atoms with E-state index in [2.05, 4.69) is 15.9 Å². The predicted molar refractivity (Wildman–Crippen MR) is 65.1 cm³/mol. The van der Waals surface area contributed by atoms with Crippen molar-refractivity contribution in [2.24, 2.45) is 5.92 Å². The molecule has 0 spiro atoms. The van der Waals surface area contributed by atoms with Crippen LogP contribution in [0.15, 0.2) is 22.7 Å². The van der Waals surface area contributed by atoms with E-state index in [1.165, 1.54) is 0 Å². The van der Waals surface area contributed by atoms with Crippen molar-refractivity contribution >= 4 is 27.6 Å². The van der Waals surface area contributed by atoms with E-state index in [4.69, 9.17) is 15.6 Å². The van der Waals surface area contributed by atoms with Crippen molar-refractivity contribution in [1.29, 1.82) is 0 Å². The third kappa shape index (κ3) is 3.21. The van der Waals surface area contributed by atoms with E-state index < -0.39 is 5.97 Å². The van der Waals surface area contributed by atoms with Gasteiger partial charge < -0.3 is 15.6 Å². The highest BCUT2D eigenvalue weighted by molar-refractivity contribution is 9.10. The lowest BCUT2D eigenvalue weighted by Crippen LogP contribution is -2.15. The first-order chi connectivity index (χ1) is 7.56. The normalized spacial score (nSPS) is 12.2. The quantitative estimate of drug-likeness (QED) is 0.654. The number of carbonyl (C=O) groups excluding carboxylic acids is 1. The molecule has 1 aromatic rings. The third-order valence-electron chi connectivity index (χ3n) is 2.06. The maximum atomic E-state index is 11.6. The van der Waals surface area contributed by atoms with Crippen LogP contribution in [-0.4, -0.2) is 24.3 Å². The maximum absolute atomic E-state index is 11.6. The summed E-state index contributed by atoms with van der Waals surface area (Å²) in [6.07, 6.45) is 0. The number of benzene rings is 1. The van der Waals surface area contributed by atoms with Gasteiger partial charge in [0.05, 0.1) is 16.6 Å². The first-order valence-corrected chi connectivity index (χ1v) is 5.67. The molecule has 0 radical (unpaired) electrons. The van der Waals surface area contributed by atoms with Crippen LogP contribution in [0.4, 0.5) is 5.69 Å². The van der Waals surface area contributed by atoms with E-state index in [1.807, 2.05) is 0 Å². The zero-order valence-corrected chi connectivity index (χ0v) is 10.5. The Morgan fingerprint density at radius 3 is 2.94 bits per heavy atom. The van der Waals surface area contributed by atoms with Crippen LogP contribution in [0.5, 0.6) is 0 Å². The molecule has 4 nitrogen and oxygen atoms in total. The maximum Gasteiger partial charge on any atom is 0.339 e. The van der Waals surface area contributed by atoms with E-state index in [0.717, 1.165) is 0 Å². The van der Waals surface area contributed by atoms with Gasteiger partial charge in [0.15, 0.2) is 0 Å². The number of carbonyl (C=O) groups is 1. The van der Waals surface area contributed by atoms with Gasteiger partial charge in [-0.3, -0.25) is 0 Å². The molecule has 0 heterocycles. The number of nitrogens with two attached hydrogens (primary N) is 1. The minimum atomic E-state index is -0.445. The molecule has 0 saturated heterocycles. The molecule has 0 aromatic heterocycles. The Hall–Kier alpha value is -1.07. The van der Waals surface area contributed by atoms with Crippen molar-refractivity contribution in [1.82, 2.24) is 0 Å². The fourth-order valence-corrected chi connectivity index (χ4v) is 1.48. The van der Waals surface area contributed by atoms with Crippen LogP contribution in [-0.2, 0) is 4.74 Å². The number of anilines is 1. The molecule has 0 saturated carbocycles. The molecular formula is C11H14BrNO3. The monoisotopic (exact) mass is 287 g/mol. The van der Waals surface area contributed by atoms with E-state index in [1.54, 1.807) is 25.1 Å². The SMILES string of the molecule is CC(CO)COC(=O)c1cccc(N)c1Br. The van der Waals surface area contributed by atoms with Crippen LogP contribution in [0.25, 0.3) is 0 Å². The van der Waals surface area contributed by atoms with E-state index >= 15 is 0 Å². The highest BCUT2D eigenvalue weighted by Crippen LogP contribution is 2.24. The number of aliphatic hydroxyl groups excluding tert-OH is 1. The molecule has 3 N–H and O–H groups in total.